The Balaban J connectivity index is 2.02. The lowest BCUT2D eigenvalue weighted by Crippen LogP contribution is -2.37. The van der Waals surface area contributed by atoms with Crippen molar-refractivity contribution >= 4 is 5.97 Å². The molecule has 5 atom stereocenters. The van der Waals surface area contributed by atoms with E-state index in [1.54, 1.807) is 13.8 Å². The van der Waals surface area contributed by atoms with Crippen LogP contribution in [-0.4, -0.2) is 33.5 Å². The van der Waals surface area contributed by atoms with Gasteiger partial charge in [-0.2, -0.15) is 0 Å². The zero-order valence-corrected chi connectivity index (χ0v) is 11.3. The summed E-state index contributed by atoms with van der Waals surface area (Å²) in [7, 11) is 0. The first-order chi connectivity index (χ1) is 8.72. The molecule has 0 aromatic heterocycles. The molecule has 3 rings (SSSR count). The monoisotopic (exact) mass is 264 g/mol. The molecule has 104 valence electrons. The van der Waals surface area contributed by atoms with E-state index in [0.29, 0.717) is 24.8 Å². The van der Waals surface area contributed by atoms with Crippen LogP contribution in [0.1, 0.15) is 33.1 Å². The Labute approximate surface area is 112 Å². The predicted molar refractivity (Wildman–Crippen MR) is 69.2 cm³/mol. The van der Waals surface area contributed by atoms with Crippen molar-refractivity contribution in [2.24, 2.45) is 11.8 Å². The molecular weight excluding hydrogens is 244 g/mol. The van der Waals surface area contributed by atoms with Crippen molar-refractivity contribution < 1.29 is 19.7 Å². The van der Waals surface area contributed by atoms with Crippen molar-refractivity contribution in [2.75, 3.05) is 0 Å². The topological polar surface area (TPSA) is 66.8 Å². The molecule has 0 bridgehead atoms. The zero-order valence-electron chi connectivity index (χ0n) is 11.3. The van der Waals surface area contributed by atoms with Crippen LogP contribution in [-0.2, 0) is 9.53 Å². The quantitative estimate of drug-likeness (QED) is 0.393. The molecular formula is C15H20O4. The highest BCUT2D eigenvalue weighted by Gasteiger charge is 2.54. The van der Waals surface area contributed by atoms with Crippen molar-refractivity contribution in [3.63, 3.8) is 0 Å². The molecule has 0 amide bonds. The van der Waals surface area contributed by atoms with Crippen LogP contribution in [0.15, 0.2) is 23.8 Å². The average Bonchev–Trinajstić information content (AvgIpc) is 2.66. The number of rotatable bonds is 0. The van der Waals surface area contributed by atoms with Crippen LogP contribution < -0.4 is 0 Å². The molecule has 1 saturated heterocycles. The SMILES string of the molecule is C=C1C(=O)O[C@H]2C[C@@](C)(O)C3=CC[C@](C)(O)[C@H]3C[C@@H]12. The lowest BCUT2D eigenvalue weighted by Gasteiger charge is -2.33. The molecule has 1 heterocycles. The Bertz CT molecular complexity index is 486. The smallest absolute Gasteiger partial charge is 0.334 e. The molecule has 3 aliphatic rings. The summed E-state index contributed by atoms with van der Waals surface area (Å²) >= 11 is 0. The van der Waals surface area contributed by atoms with Gasteiger partial charge in [0, 0.05) is 23.8 Å². The van der Waals surface area contributed by atoms with Gasteiger partial charge in [-0.25, -0.2) is 4.79 Å². The van der Waals surface area contributed by atoms with E-state index in [1.807, 2.05) is 6.08 Å². The van der Waals surface area contributed by atoms with E-state index in [9.17, 15) is 15.0 Å². The Morgan fingerprint density at radius 2 is 2.11 bits per heavy atom. The predicted octanol–water partition coefficient (Wildman–Crippen LogP) is 1.33. The first-order valence-electron chi connectivity index (χ1n) is 6.77. The molecule has 4 nitrogen and oxygen atoms in total. The molecule has 2 N–H and O–H groups in total. The van der Waals surface area contributed by atoms with Crippen molar-refractivity contribution in [1.82, 2.24) is 0 Å². The van der Waals surface area contributed by atoms with Gasteiger partial charge in [-0.1, -0.05) is 12.7 Å². The van der Waals surface area contributed by atoms with Crippen LogP contribution in [0.4, 0.5) is 0 Å². The molecule has 0 aromatic carbocycles. The van der Waals surface area contributed by atoms with Gasteiger partial charge >= 0.3 is 5.97 Å². The van der Waals surface area contributed by atoms with Crippen LogP contribution >= 0.6 is 0 Å². The van der Waals surface area contributed by atoms with Gasteiger partial charge in [0.25, 0.3) is 0 Å². The second-order valence-corrected chi connectivity index (χ2v) is 6.56. The third kappa shape index (κ3) is 1.77. The Hall–Kier alpha value is -1.13. The van der Waals surface area contributed by atoms with Crippen LogP contribution in [0.3, 0.4) is 0 Å². The number of hydrogen-bond donors (Lipinski definition) is 2. The molecule has 0 unspecified atom stereocenters. The molecule has 0 radical (unpaired) electrons. The van der Waals surface area contributed by atoms with E-state index in [1.165, 1.54) is 0 Å². The summed E-state index contributed by atoms with van der Waals surface area (Å²) in [5.41, 5.74) is -0.532. The maximum atomic E-state index is 11.6. The van der Waals surface area contributed by atoms with Crippen LogP contribution in [0.2, 0.25) is 0 Å². The summed E-state index contributed by atoms with van der Waals surface area (Å²) in [6, 6.07) is 0. The van der Waals surface area contributed by atoms with Crippen molar-refractivity contribution in [3.8, 4) is 0 Å². The normalized spacial score (nSPS) is 49.3. The summed E-state index contributed by atoms with van der Waals surface area (Å²) in [5.74, 6) is -0.598. The number of carbonyl (C=O) groups excluding carboxylic acids is 1. The molecule has 1 aliphatic heterocycles. The molecule has 2 fully saturated rings. The van der Waals surface area contributed by atoms with Crippen LogP contribution in [0.5, 0.6) is 0 Å². The summed E-state index contributed by atoms with van der Waals surface area (Å²) in [6.45, 7) is 7.34. The Kier molecular flexibility index (Phi) is 2.51. The number of hydrogen-bond acceptors (Lipinski definition) is 4. The first kappa shape index (κ1) is 12.9. The highest BCUT2D eigenvalue weighted by Crippen LogP contribution is 2.51. The lowest BCUT2D eigenvalue weighted by atomic mass is 9.78. The minimum Gasteiger partial charge on any atom is -0.458 e. The van der Waals surface area contributed by atoms with Crippen molar-refractivity contribution in [1.29, 1.82) is 0 Å². The number of aliphatic hydroxyl groups is 2. The minimum absolute atomic E-state index is 0.0977. The fourth-order valence-corrected chi connectivity index (χ4v) is 3.82. The average molecular weight is 264 g/mol. The molecule has 0 aromatic rings. The second-order valence-electron chi connectivity index (χ2n) is 6.56. The molecule has 0 spiro atoms. The van der Waals surface area contributed by atoms with E-state index in [4.69, 9.17) is 4.74 Å². The summed E-state index contributed by atoms with van der Waals surface area (Å²) in [4.78, 5) is 11.6. The van der Waals surface area contributed by atoms with Crippen LogP contribution in [0, 0.1) is 11.8 Å². The van der Waals surface area contributed by atoms with E-state index in [2.05, 4.69) is 6.58 Å². The minimum atomic E-state index is -1.03. The summed E-state index contributed by atoms with van der Waals surface area (Å²) < 4.78 is 5.32. The van der Waals surface area contributed by atoms with Gasteiger partial charge < -0.3 is 14.9 Å². The standard InChI is InChI=1S/C15H20O4/c1-8-9-6-11-10(4-5-14(11,2)17)15(3,18)7-12(9)19-13(8)16/h4,9,11-12,17-18H,1,5-7H2,2-3H3/t9-,11-,12-,14-,15+/m0/s1. The maximum absolute atomic E-state index is 11.6. The van der Waals surface area contributed by atoms with Crippen molar-refractivity contribution in [3.05, 3.63) is 23.8 Å². The fraction of sp³-hybridized carbons (Fsp3) is 0.667. The largest absolute Gasteiger partial charge is 0.458 e. The first-order valence-corrected chi connectivity index (χ1v) is 6.77. The van der Waals surface area contributed by atoms with E-state index < -0.39 is 11.2 Å². The zero-order chi connectivity index (χ0) is 14.0. The van der Waals surface area contributed by atoms with E-state index >= 15 is 0 Å². The Morgan fingerprint density at radius 1 is 1.42 bits per heavy atom. The maximum Gasteiger partial charge on any atom is 0.334 e. The summed E-state index contributed by atoms with van der Waals surface area (Å²) in [6.07, 6.45) is 3.15. The number of ether oxygens (including phenoxy) is 1. The van der Waals surface area contributed by atoms with E-state index in [0.717, 1.165) is 5.57 Å². The number of fused-ring (bicyclic) bond motifs is 2. The molecule has 2 aliphatic carbocycles. The van der Waals surface area contributed by atoms with Gasteiger partial charge in [-0.3, -0.25) is 0 Å². The van der Waals surface area contributed by atoms with Gasteiger partial charge in [0.1, 0.15) is 6.10 Å². The molecule has 4 heteroatoms. The highest BCUT2D eigenvalue weighted by atomic mass is 16.6. The van der Waals surface area contributed by atoms with Gasteiger partial charge in [-0.15, -0.1) is 0 Å². The van der Waals surface area contributed by atoms with Gasteiger partial charge in [0.05, 0.1) is 11.2 Å². The van der Waals surface area contributed by atoms with Crippen LogP contribution in [0.25, 0.3) is 0 Å². The van der Waals surface area contributed by atoms with Gasteiger partial charge in [0.15, 0.2) is 0 Å². The number of esters is 1. The van der Waals surface area contributed by atoms with E-state index in [-0.39, 0.29) is 23.9 Å². The lowest BCUT2D eigenvalue weighted by molar-refractivity contribution is -0.140. The number of carbonyl (C=O) groups is 1. The molecule has 1 saturated carbocycles. The third-order valence-electron chi connectivity index (χ3n) is 4.99. The van der Waals surface area contributed by atoms with Gasteiger partial charge in [0.2, 0.25) is 0 Å². The Morgan fingerprint density at radius 3 is 2.79 bits per heavy atom. The van der Waals surface area contributed by atoms with Gasteiger partial charge in [-0.05, 0) is 32.3 Å². The second kappa shape index (κ2) is 3.70. The highest BCUT2D eigenvalue weighted by molar-refractivity contribution is 5.90. The summed E-state index contributed by atoms with van der Waals surface area (Å²) in [5, 5.41) is 21.2. The fourth-order valence-electron chi connectivity index (χ4n) is 3.82. The molecule has 19 heavy (non-hydrogen) atoms. The van der Waals surface area contributed by atoms with Crippen molar-refractivity contribution in [2.45, 2.75) is 50.4 Å². The third-order valence-corrected chi connectivity index (χ3v) is 4.99.